The Hall–Kier alpha value is -1.97. The molecule has 0 aliphatic carbocycles. The van der Waals surface area contributed by atoms with Crippen LogP contribution in [0.25, 0.3) is 5.78 Å². The lowest BCUT2D eigenvalue weighted by atomic mass is 10.2. The van der Waals surface area contributed by atoms with Crippen LogP contribution in [0.1, 0.15) is 5.69 Å². The van der Waals surface area contributed by atoms with Crippen LogP contribution in [0.3, 0.4) is 0 Å². The fourth-order valence-electron chi connectivity index (χ4n) is 2.23. The monoisotopic (exact) mass is 242 g/mol. The molecule has 18 heavy (non-hydrogen) atoms. The number of rotatable bonds is 2. The predicted molar refractivity (Wildman–Crippen MR) is 65.7 cm³/mol. The van der Waals surface area contributed by atoms with Crippen LogP contribution >= 0.6 is 0 Å². The molecule has 2 aromatic heterocycles. The van der Waals surface area contributed by atoms with Gasteiger partial charge < -0.3 is 5.32 Å². The van der Waals surface area contributed by atoms with Gasteiger partial charge in [-0.2, -0.15) is 5.26 Å². The van der Waals surface area contributed by atoms with E-state index in [9.17, 15) is 0 Å². The van der Waals surface area contributed by atoms with E-state index < -0.39 is 0 Å². The van der Waals surface area contributed by atoms with E-state index >= 15 is 0 Å². The molecular formula is C12H14N6. The van der Waals surface area contributed by atoms with E-state index in [-0.39, 0.29) is 6.04 Å². The molecule has 1 atom stereocenters. The molecule has 0 spiro atoms. The number of nitrogens with zero attached hydrogens (tertiary/aromatic N) is 5. The van der Waals surface area contributed by atoms with E-state index in [2.05, 4.69) is 26.3 Å². The molecular weight excluding hydrogens is 228 g/mol. The van der Waals surface area contributed by atoms with Crippen LogP contribution in [-0.4, -0.2) is 44.9 Å². The first-order valence-corrected chi connectivity index (χ1v) is 6.00. The standard InChI is InChI=1S/C12H14N6/c13-6-11-7-14-3-5-17(11)8-10-9-18-4-1-2-15-12(18)16-10/h1-2,4,9,11,14H,3,5,7-8H2. The highest BCUT2D eigenvalue weighted by Crippen LogP contribution is 2.10. The van der Waals surface area contributed by atoms with Gasteiger partial charge in [0.2, 0.25) is 5.78 Å². The van der Waals surface area contributed by atoms with Crippen LogP contribution < -0.4 is 5.32 Å². The summed E-state index contributed by atoms with van der Waals surface area (Å²) in [5.41, 5.74) is 0.954. The molecule has 6 nitrogen and oxygen atoms in total. The van der Waals surface area contributed by atoms with Gasteiger partial charge in [0.25, 0.3) is 0 Å². The summed E-state index contributed by atoms with van der Waals surface area (Å²) in [5.74, 6) is 0.705. The Morgan fingerprint density at radius 3 is 3.33 bits per heavy atom. The Morgan fingerprint density at radius 1 is 1.56 bits per heavy atom. The Bertz CT molecular complexity index is 551. The summed E-state index contributed by atoms with van der Waals surface area (Å²) >= 11 is 0. The minimum atomic E-state index is -0.0727. The predicted octanol–water partition coefficient (Wildman–Crippen LogP) is 0.0267. The number of nitriles is 1. The van der Waals surface area contributed by atoms with Gasteiger partial charge >= 0.3 is 0 Å². The maximum absolute atomic E-state index is 9.11. The molecule has 1 N–H and O–H groups in total. The molecule has 1 aliphatic rings. The van der Waals surface area contributed by atoms with Crippen LogP contribution in [0, 0.1) is 11.3 Å². The molecule has 1 unspecified atom stereocenters. The van der Waals surface area contributed by atoms with Crippen molar-refractivity contribution in [2.45, 2.75) is 12.6 Å². The van der Waals surface area contributed by atoms with E-state index in [0.29, 0.717) is 12.3 Å². The summed E-state index contributed by atoms with van der Waals surface area (Å²) in [6.45, 7) is 3.22. The summed E-state index contributed by atoms with van der Waals surface area (Å²) in [6, 6.07) is 4.12. The number of hydrogen-bond acceptors (Lipinski definition) is 5. The Labute approximate surface area is 105 Å². The van der Waals surface area contributed by atoms with Crippen molar-refractivity contribution in [3.05, 3.63) is 30.4 Å². The van der Waals surface area contributed by atoms with Gasteiger partial charge in [-0.05, 0) is 6.07 Å². The van der Waals surface area contributed by atoms with Crippen molar-refractivity contribution in [1.82, 2.24) is 24.6 Å². The SMILES string of the molecule is N#CC1CNCCN1Cc1cn2cccnc2n1. The first-order valence-electron chi connectivity index (χ1n) is 6.00. The van der Waals surface area contributed by atoms with Gasteiger partial charge in [-0.15, -0.1) is 0 Å². The number of fused-ring (bicyclic) bond motifs is 1. The molecule has 1 fully saturated rings. The highest BCUT2D eigenvalue weighted by atomic mass is 15.2. The average Bonchev–Trinajstić information content (AvgIpc) is 2.81. The third-order valence-electron chi connectivity index (χ3n) is 3.15. The zero-order chi connectivity index (χ0) is 12.4. The third-order valence-corrected chi connectivity index (χ3v) is 3.15. The second-order valence-corrected chi connectivity index (χ2v) is 4.38. The van der Waals surface area contributed by atoms with Gasteiger partial charge in [0.1, 0.15) is 6.04 Å². The molecule has 0 aromatic carbocycles. The molecule has 0 radical (unpaired) electrons. The smallest absolute Gasteiger partial charge is 0.233 e. The van der Waals surface area contributed by atoms with Crippen molar-refractivity contribution in [1.29, 1.82) is 5.26 Å². The minimum absolute atomic E-state index is 0.0727. The maximum atomic E-state index is 9.11. The minimum Gasteiger partial charge on any atom is -0.313 e. The summed E-state index contributed by atoms with van der Waals surface area (Å²) in [7, 11) is 0. The lowest BCUT2D eigenvalue weighted by Crippen LogP contribution is -2.50. The number of piperazine rings is 1. The molecule has 3 rings (SSSR count). The van der Waals surface area contributed by atoms with E-state index in [4.69, 9.17) is 5.26 Å². The zero-order valence-corrected chi connectivity index (χ0v) is 9.95. The van der Waals surface area contributed by atoms with E-state index in [1.165, 1.54) is 0 Å². The first-order chi connectivity index (χ1) is 8.86. The van der Waals surface area contributed by atoms with Crippen LogP contribution in [0.5, 0.6) is 0 Å². The number of aromatic nitrogens is 3. The zero-order valence-electron chi connectivity index (χ0n) is 9.95. The van der Waals surface area contributed by atoms with E-state index in [1.807, 2.05) is 22.9 Å². The number of hydrogen-bond donors (Lipinski definition) is 1. The van der Waals surface area contributed by atoms with Crippen LogP contribution in [0.4, 0.5) is 0 Å². The maximum Gasteiger partial charge on any atom is 0.233 e. The second-order valence-electron chi connectivity index (χ2n) is 4.38. The van der Waals surface area contributed by atoms with E-state index in [1.54, 1.807) is 6.20 Å². The molecule has 3 heterocycles. The van der Waals surface area contributed by atoms with Crippen molar-refractivity contribution >= 4 is 5.78 Å². The topological polar surface area (TPSA) is 69.2 Å². The summed E-state index contributed by atoms with van der Waals surface area (Å²) in [5, 5.41) is 12.3. The molecule has 0 bridgehead atoms. The Kier molecular flexibility index (Phi) is 2.92. The van der Waals surface area contributed by atoms with Crippen LogP contribution in [0.15, 0.2) is 24.7 Å². The molecule has 92 valence electrons. The molecule has 0 saturated carbocycles. The summed E-state index contributed by atoms with van der Waals surface area (Å²) in [4.78, 5) is 10.8. The van der Waals surface area contributed by atoms with Crippen molar-refractivity contribution < 1.29 is 0 Å². The Balaban J connectivity index is 1.81. The fraction of sp³-hybridized carbons (Fsp3) is 0.417. The largest absolute Gasteiger partial charge is 0.313 e. The number of nitrogens with one attached hydrogen (secondary N) is 1. The fourth-order valence-corrected chi connectivity index (χ4v) is 2.23. The van der Waals surface area contributed by atoms with Gasteiger partial charge in [-0.25, -0.2) is 9.97 Å². The second kappa shape index (κ2) is 4.72. The molecule has 2 aromatic rings. The lowest BCUT2D eigenvalue weighted by molar-refractivity contribution is 0.187. The van der Waals surface area contributed by atoms with Crippen molar-refractivity contribution in [2.75, 3.05) is 19.6 Å². The first kappa shape index (κ1) is 11.1. The molecule has 6 heteroatoms. The van der Waals surface area contributed by atoms with Gasteiger partial charge in [-0.3, -0.25) is 9.30 Å². The normalized spacial score (nSPS) is 20.9. The highest BCUT2D eigenvalue weighted by Gasteiger charge is 2.22. The lowest BCUT2D eigenvalue weighted by Gasteiger charge is -2.31. The number of imidazole rings is 1. The van der Waals surface area contributed by atoms with Gasteiger partial charge in [0, 0.05) is 44.8 Å². The highest BCUT2D eigenvalue weighted by molar-refractivity contribution is 5.29. The summed E-state index contributed by atoms with van der Waals surface area (Å²) < 4.78 is 1.90. The summed E-state index contributed by atoms with van der Waals surface area (Å²) in [6.07, 6.45) is 5.63. The van der Waals surface area contributed by atoms with Crippen LogP contribution in [0.2, 0.25) is 0 Å². The third kappa shape index (κ3) is 2.06. The van der Waals surface area contributed by atoms with Gasteiger partial charge in [0.05, 0.1) is 11.8 Å². The van der Waals surface area contributed by atoms with Crippen molar-refractivity contribution in [3.63, 3.8) is 0 Å². The average molecular weight is 242 g/mol. The quantitative estimate of drug-likeness (QED) is 0.804. The van der Waals surface area contributed by atoms with Crippen molar-refractivity contribution in [2.24, 2.45) is 0 Å². The van der Waals surface area contributed by atoms with Crippen LogP contribution in [-0.2, 0) is 6.54 Å². The molecule has 1 aliphatic heterocycles. The molecule has 0 amide bonds. The molecule has 1 saturated heterocycles. The van der Waals surface area contributed by atoms with E-state index in [0.717, 1.165) is 25.3 Å². The Morgan fingerprint density at radius 2 is 2.50 bits per heavy atom. The van der Waals surface area contributed by atoms with Gasteiger partial charge in [-0.1, -0.05) is 0 Å². The van der Waals surface area contributed by atoms with Gasteiger partial charge in [0.15, 0.2) is 0 Å². The van der Waals surface area contributed by atoms with Crippen molar-refractivity contribution in [3.8, 4) is 6.07 Å².